The van der Waals surface area contributed by atoms with Crippen molar-refractivity contribution in [3.63, 3.8) is 0 Å². The highest BCUT2D eigenvalue weighted by Crippen LogP contribution is 2.42. The van der Waals surface area contributed by atoms with Crippen LogP contribution in [0.1, 0.15) is 78.4 Å². The first-order valence-electron chi connectivity index (χ1n) is 25.6. The Morgan fingerprint density at radius 3 is 2.02 bits per heavy atom. The Balaban J connectivity index is 1.10. The maximum Gasteiger partial charge on any atom is 0.326 e. The summed E-state index contributed by atoms with van der Waals surface area (Å²) in [6.45, 7) is -0.138. The number of carbonyl (C=O) groups excluding carboxylic acids is 8. The number of phenols is 1. The number of nitrogens with one attached hydrogen (secondary N) is 4. The smallest absolute Gasteiger partial charge is 0.326 e. The molecule has 2 unspecified atom stereocenters. The lowest BCUT2D eigenvalue weighted by molar-refractivity contribution is -0.147. The highest BCUT2D eigenvalue weighted by Gasteiger charge is 2.32. The van der Waals surface area contributed by atoms with Crippen molar-refractivity contribution in [2.45, 2.75) is 95.0 Å². The van der Waals surface area contributed by atoms with Crippen molar-refractivity contribution in [1.82, 2.24) is 21.3 Å². The molecule has 81 heavy (non-hydrogen) atoms. The largest absolute Gasteiger partial charge is 0.508 e. The lowest BCUT2D eigenvalue weighted by Crippen LogP contribution is -2.49. The number of thiocarbonyl (C=S) groups is 1. The molecule has 1 aliphatic heterocycles. The molecule has 0 spiro atoms. The molecule has 2 aliphatic rings. The highest BCUT2D eigenvalue weighted by atomic mass is 32.1. The number of hydrogen-bond donors (Lipinski definition) is 7. The van der Waals surface area contributed by atoms with Gasteiger partial charge in [-0.05, 0) is 89.6 Å². The number of benzene rings is 5. The van der Waals surface area contributed by atoms with E-state index in [1.807, 2.05) is 30.3 Å². The molecule has 22 heteroatoms. The summed E-state index contributed by atoms with van der Waals surface area (Å²) in [7, 11) is 0. The average Bonchev–Trinajstić information content (AvgIpc) is 3.64. The van der Waals surface area contributed by atoms with E-state index in [0.717, 1.165) is 5.56 Å². The molecule has 7 N–H and O–H groups in total. The maximum atomic E-state index is 14.6. The van der Waals surface area contributed by atoms with Crippen molar-refractivity contribution in [2.24, 2.45) is 5.92 Å². The van der Waals surface area contributed by atoms with E-state index in [4.69, 9.17) is 26.5 Å². The Morgan fingerprint density at radius 2 is 1.36 bits per heavy atom. The van der Waals surface area contributed by atoms with E-state index in [1.165, 1.54) is 24.3 Å². The Kier molecular flexibility index (Phi) is 22.6. The second-order valence-corrected chi connectivity index (χ2v) is 19.5. The molecule has 0 saturated heterocycles. The fraction of sp³-hybridized carbons (Fsp3) is 0.288. The van der Waals surface area contributed by atoms with Gasteiger partial charge in [-0.25, -0.2) is 9.59 Å². The summed E-state index contributed by atoms with van der Waals surface area (Å²) >= 11 is 5.95. The summed E-state index contributed by atoms with van der Waals surface area (Å²) in [5, 5.41) is 39.0. The Morgan fingerprint density at radius 1 is 0.667 bits per heavy atom. The number of aromatic hydroxyl groups is 1. The molecule has 4 aromatic rings. The van der Waals surface area contributed by atoms with E-state index in [2.05, 4.69) is 26.0 Å². The summed E-state index contributed by atoms with van der Waals surface area (Å²) in [6.07, 6.45) is -4.00. The predicted octanol–water partition coefficient (Wildman–Crippen LogP) is 5.83. The van der Waals surface area contributed by atoms with Crippen LogP contribution in [0, 0.1) is 5.92 Å². The highest BCUT2D eigenvalue weighted by molar-refractivity contribution is 7.80. The zero-order valence-corrected chi connectivity index (χ0v) is 44.4. The number of aldehydes is 1. The zero-order chi connectivity index (χ0) is 58.4. The van der Waals surface area contributed by atoms with Gasteiger partial charge in [-0.15, -0.1) is 0 Å². The molecule has 6 rings (SSSR count). The number of Topliss-reactive ketones (excluding diaryl/α,β-unsaturated/α-hetero) is 2. The molecule has 0 aromatic heterocycles. The van der Waals surface area contributed by atoms with Crippen LogP contribution in [0.3, 0.4) is 0 Å². The number of carboxylic acids is 2. The second-order valence-electron chi connectivity index (χ2n) is 18.9. The fourth-order valence-corrected chi connectivity index (χ4v) is 9.42. The van der Waals surface area contributed by atoms with Crippen LogP contribution in [-0.4, -0.2) is 112 Å². The number of aliphatic carboxylic acids is 2. The number of hydrogen-bond acceptors (Lipinski definition) is 16. The number of carbonyl (C=O) groups is 10. The Labute approximate surface area is 468 Å². The molecular weight excluding hydrogens is 1070 g/mol. The predicted molar refractivity (Wildman–Crippen MR) is 296 cm³/mol. The molecule has 1 aliphatic carbocycles. The molecule has 422 valence electrons. The van der Waals surface area contributed by atoms with Crippen LogP contribution in [0.15, 0.2) is 124 Å². The van der Waals surface area contributed by atoms with Gasteiger partial charge in [-0.1, -0.05) is 85.0 Å². The fourth-order valence-electron chi connectivity index (χ4n) is 9.05. The van der Waals surface area contributed by atoms with Crippen LogP contribution in [0.25, 0.3) is 33.4 Å². The SMILES string of the molecule is O=CO[C@H](CCC(=O)O)NC(=O)N[C@@H](CCC(=O)CCCNC(=O)[C@@H](CC(=O)C(Cc1ccccc1)NC(=O)C(CC(=S)Cc1ccc(-c2c3ccc(=O)cc-3oc3cc(O)ccc23)c(C=O)c1)Cc1ccccc1)OC=O)C(=O)O. The van der Waals surface area contributed by atoms with Crippen LogP contribution in [-0.2, 0) is 67.1 Å². The zero-order valence-electron chi connectivity index (χ0n) is 43.5. The summed E-state index contributed by atoms with van der Waals surface area (Å²) < 4.78 is 15.7. The van der Waals surface area contributed by atoms with E-state index in [9.17, 15) is 63.0 Å². The van der Waals surface area contributed by atoms with Crippen LogP contribution in [0.5, 0.6) is 5.75 Å². The number of amides is 4. The Hall–Kier alpha value is -9.44. The summed E-state index contributed by atoms with van der Waals surface area (Å²) in [5.41, 5.74) is 4.17. The normalized spacial score (nSPS) is 12.8. The molecule has 0 radical (unpaired) electrons. The van der Waals surface area contributed by atoms with Crippen LogP contribution in [0.4, 0.5) is 4.79 Å². The topological polar surface area (TPSA) is 328 Å². The molecule has 5 atom stereocenters. The number of urea groups is 1. The van der Waals surface area contributed by atoms with Gasteiger partial charge in [0.2, 0.25) is 5.91 Å². The van der Waals surface area contributed by atoms with Crippen molar-refractivity contribution in [3.05, 3.63) is 148 Å². The molecule has 1 heterocycles. The van der Waals surface area contributed by atoms with Gasteiger partial charge in [-0.3, -0.25) is 43.2 Å². The minimum atomic E-state index is -1.64. The van der Waals surface area contributed by atoms with Crippen LogP contribution < -0.4 is 26.7 Å². The van der Waals surface area contributed by atoms with Crippen molar-refractivity contribution in [3.8, 4) is 28.2 Å². The molecule has 4 aromatic carbocycles. The summed E-state index contributed by atoms with van der Waals surface area (Å²) in [4.78, 5) is 138. The summed E-state index contributed by atoms with van der Waals surface area (Å²) in [6, 6.07) is 28.3. The van der Waals surface area contributed by atoms with Crippen LogP contribution in [0.2, 0.25) is 0 Å². The second kappa shape index (κ2) is 30.1. The lowest BCUT2D eigenvalue weighted by atomic mass is 9.88. The minimum Gasteiger partial charge on any atom is -0.508 e. The number of carboxylic acid groups (broad SMARTS) is 2. The van der Waals surface area contributed by atoms with Crippen molar-refractivity contribution in [1.29, 1.82) is 0 Å². The standard InChI is InChI=1S/C59H58N4O17S/c64-32-39-25-37(13-17-44(39)55-45-18-14-41(68)29-50(45)80-51-30-42(69)15-19-46(51)55)26-43(81)28-38(24-35-8-3-1-4-9-35)56(73)61-48(27-36-10-5-2-6-11-36)49(70)31-52(78-33-65)57(74)60-23-7-12-40(67)16-20-47(58(75)76)62-59(77)63-53(79-34-66)21-22-54(71)72/h1-6,8-11,13-15,17-19,25,29-30,32-34,38,47-48,52-53,68H,7,12,16,20-24,26-28,31H2,(H,60,74)(H,61,73)(H,71,72)(H,75,76)(H2,62,63,77)/t38?,47-,48?,52+,53+/m0/s1. The van der Waals surface area contributed by atoms with Gasteiger partial charge in [0.05, 0.1) is 18.9 Å². The van der Waals surface area contributed by atoms with E-state index in [1.54, 1.807) is 60.7 Å². The van der Waals surface area contributed by atoms with E-state index < -0.39 is 84.5 Å². The molecule has 0 fully saturated rings. The maximum absolute atomic E-state index is 14.6. The van der Waals surface area contributed by atoms with Crippen molar-refractivity contribution < 1.29 is 77.2 Å². The third-order valence-electron chi connectivity index (χ3n) is 13.0. The minimum absolute atomic E-state index is 0.00358. The van der Waals surface area contributed by atoms with Gasteiger partial charge in [0, 0.05) is 72.4 Å². The first-order chi connectivity index (χ1) is 38.9. The third kappa shape index (κ3) is 18.3. The van der Waals surface area contributed by atoms with E-state index >= 15 is 0 Å². The number of phenolic OH excluding ortho intramolecular Hbond substituents is 1. The van der Waals surface area contributed by atoms with E-state index in [0.29, 0.717) is 55.5 Å². The Bertz CT molecular complexity index is 3300. The van der Waals surface area contributed by atoms with Gasteiger partial charge < -0.3 is 50.5 Å². The number of rotatable bonds is 33. The molecular formula is C59H58N4O17S. The molecule has 0 bridgehead atoms. The monoisotopic (exact) mass is 1130 g/mol. The third-order valence-corrected chi connectivity index (χ3v) is 13.3. The van der Waals surface area contributed by atoms with Gasteiger partial charge in [0.1, 0.15) is 28.9 Å². The molecule has 21 nitrogen and oxygen atoms in total. The number of ketones is 2. The first-order valence-corrected chi connectivity index (χ1v) is 26.1. The molecule has 0 saturated carbocycles. The van der Waals surface area contributed by atoms with Gasteiger partial charge in [-0.2, -0.15) is 0 Å². The number of ether oxygens (including phenoxy) is 2. The molecule has 4 amide bonds. The van der Waals surface area contributed by atoms with E-state index in [-0.39, 0.29) is 94.2 Å². The van der Waals surface area contributed by atoms with Crippen molar-refractivity contribution in [2.75, 3.05) is 6.54 Å². The average molecular weight is 1130 g/mol. The van der Waals surface area contributed by atoms with Gasteiger partial charge in [0.25, 0.3) is 18.9 Å². The van der Waals surface area contributed by atoms with Gasteiger partial charge >= 0.3 is 18.0 Å². The lowest BCUT2D eigenvalue weighted by Gasteiger charge is -2.24. The summed E-state index contributed by atoms with van der Waals surface area (Å²) in [5.74, 6) is -5.80. The van der Waals surface area contributed by atoms with Gasteiger partial charge in [0.15, 0.2) is 29.8 Å². The van der Waals surface area contributed by atoms with Crippen LogP contribution >= 0.6 is 12.2 Å². The number of fused-ring (bicyclic) bond motifs is 2. The first kappa shape index (κ1) is 60.8. The van der Waals surface area contributed by atoms with Crippen molar-refractivity contribution >= 4 is 88.6 Å². The quantitative estimate of drug-likeness (QED) is 0.00837.